The van der Waals surface area contributed by atoms with Crippen molar-refractivity contribution in [2.24, 2.45) is 0 Å². The van der Waals surface area contributed by atoms with E-state index in [0.717, 1.165) is 6.92 Å². The molecule has 0 spiro atoms. The lowest BCUT2D eigenvalue weighted by Crippen LogP contribution is -2.38. The van der Waals surface area contributed by atoms with Crippen LogP contribution in [0.3, 0.4) is 0 Å². The molecule has 0 saturated heterocycles. The molecule has 0 fully saturated rings. The van der Waals surface area contributed by atoms with Crippen LogP contribution in [0.5, 0.6) is 0 Å². The highest BCUT2D eigenvalue weighted by molar-refractivity contribution is 6.36. The predicted octanol–water partition coefficient (Wildman–Crippen LogP) is 0.821. The lowest BCUT2D eigenvalue weighted by Gasteiger charge is -2.20. The normalized spacial score (nSPS) is 11.1. The third kappa shape index (κ3) is 6.80. The van der Waals surface area contributed by atoms with Crippen LogP contribution in [0.4, 0.5) is 0 Å². The van der Waals surface area contributed by atoms with Crippen molar-refractivity contribution in [3.8, 4) is 0 Å². The lowest BCUT2D eigenvalue weighted by atomic mass is 10.3. The summed E-state index contributed by atoms with van der Waals surface area (Å²) in [6.07, 6.45) is -1.94. The van der Waals surface area contributed by atoms with Crippen molar-refractivity contribution in [2.75, 3.05) is 0 Å². The maximum atomic E-state index is 11.6. The summed E-state index contributed by atoms with van der Waals surface area (Å²) in [4.78, 5) is 33.3. The summed E-state index contributed by atoms with van der Waals surface area (Å²) in [6, 6.07) is 0. The van der Waals surface area contributed by atoms with E-state index in [2.05, 4.69) is 4.74 Å². The molecule has 0 unspecified atom stereocenters. The molecule has 0 N–H and O–H groups in total. The molecule has 0 heterocycles. The molecule has 0 aliphatic carbocycles. The summed E-state index contributed by atoms with van der Waals surface area (Å²) in [5, 5.41) is 0. The molecular formula is C11H18O6. The summed E-state index contributed by atoms with van der Waals surface area (Å²) in [7, 11) is 0. The van der Waals surface area contributed by atoms with Crippen LogP contribution < -0.4 is 0 Å². The highest BCUT2D eigenvalue weighted by atomic mass is 16.7. The summed E-state index contributed by atoms with van der Waals surface area (Å²) in [5.41, 5.74) is 0. The second kappa shape index (κ2) is 7.13. The van der Waals surface area contributed by atoms with Gasteiger partial charge in [0.15, 0.2) is 0 Å². The van der Waals surface area contributed by atoms with E-state index in [9.17, 15) is 14.4 Å². The number of ether oxygens (including phenoxy) is 3. The van der Waals surface area contributed by atoms with Crippen molar-refractivity contribution in [3.05, 3.63) is 0 Å². The van der Waals surface area contributed by atoms with Gasteiger partial charge in [-0.1, -0.05) is 0 Å². The van der Waals surface area contributed by atoms with Crippen molar-refractivity contribution in [3.63, 3.8) is 0 Å². The van der Waals surface area contributed by atoms with Crippen LogP contribution in [0.15, 0.2) is 0 Å². The monoisotopic (exact) mass is 246 g/mol. The number of carbonyl (C=O) groups excluding carboxylic acids is 3. The van der Waals surface area contributed by atoms with Gasteiger partial charge in [-0.25, -0.2) is 4.79 Å². The van der Waals surface area contributed by atoms with Crippen LogP contribution in [-0.4, -0.2) is 36.2 Å². The Kier molecular flexibility index (Phi) is 6.60. The maximum absolute atomic E-state index is 11.6. The van der Waals surface area contributed by atoms with E-state index < -0.39 is 24.0 Å². The molecule has 98 valence electrons. The molecular weight excluding hydrogens is 228 g/mol. The summed E-state index contributed by atoms with van der Waals surface area (Å²) in [5.74, 6) is -3.15. The Bertz CT molecular complexity index is 284. The molecule has 0 atom stereocenters. The molecule has 0 rings (SSSR count). The largest absolute Gasteiger partial charge is 0.387 e. The van der Waals surface area contributed by atoms with E-state index in [1.54, 1.807) is 27.7 Å². The summed E-state index contributed by atoms with van der Waals surface area (Å²) in [6.45, 7) is 7.81. The Labute approximate surface area is 100 Å². The Morgan fingerprint density at radius 3 is 1.59 bits per heavy atom. The van der Waals surface area contributed by atoms with Crippen molar-refractivity contribution < 1.29 is 28.6 Å². The molecule has 6 heteroatoms. The first kappa shape index (κ1) is 15.7. The molecule has 0 saturated carbocycles. The predicted molar refractivity (Wildman–Crippen MR) is 58.0 cm³/mol. The van der Waals surface area contributed by atoms with E-state index >= 15 is 0 Å². The number of rotatable bonds is 6. The third-order valence-corrected chi connectivity index (χ3v) is 1.44. The Morgan fingerprint density at radius 2 is 1.29 bits per heavy atom. The van der Waals surface area contributed by atoms with E-state index in [1.165, 1.54) is 0 Å². The molecule has 0 bridgehead atoms. The number of hydrogen-bond acceptors (Lipinski definition) is 6. The van der Waals surface area contributed by atoms with Gasteiger partial charge in [0.25, 0.3) is 5.78 Å². The molecule has 0 aliphatic rings. The first-order valence-corrected chi connectivity index (χ1v) is 5.31. The van der Waals surface area contributed by atoms with Gasteiger partial charge >= 0.3 is 11.9 Å². The lowest BCUT2D eigenvalue weighted by molar-refractivity contribution is -0.196. The minimum absolute atomic E-state index is 0.298. The SMILES string of the molecule is CC(=O)OC(=O)C(=O)C(OC(C)C)OC(C)C. The summed E-state index contributed by atoms with van der Waals surface area (Å²) < 4.78 is 14.5. The van der Waals surface area contributed by atoms with Crippen LogP contribution in [0.2, 0.25) is 0 Å². The van der Waals surface area contributed by atoms with Gasteiger partial charge in [-0.3, -0.25) is 9.59 Å². The van der Waals surface area contributed by atoms with Gasteiger partial charge in [-0.2, -0.15) is 0 Å². The molecule has 0 radical (unpaired) electrons. The van der Waals surface area contributed by atoms with Crippen LogP contribution in [0.1, 0.15) is 34.6 Å². The standard InChI is InChI=1S/C11H18O6/c1-6(2)15-11(16-7(3)4)9(13)10(14)17-8(5)12/h6-7,11H,1-5H3. The highest BCUT2D eigenvalue weighted by Crippen LogP contribution is 2.06. The second-order valence-corrected chi connectivity index (χ2v) is 3.95. The van der Waals surface area contributed by atoms with E-state index in [-0.39, 0.29) is 12.2 Å². The molecule has 6 nitrogen and oxygen atoms in total. The number of Topliss-reactive ketones (excluding diaryl/α,β-unsaturated/α-hetero) is 1. The Hall–Kier alpha value is -1.27. The average Bonchev–Trinajstić information content (AvgIpc) is 2.12. The van der Waals surface area contributed by atoms with Gasteiger partial charge in [-0.15, -0.1) is 0 Å². The quantitative estimate of drug-likeness (QED) is 0.299. The van der Waals surface area contributed by atoms with E-state index in [1.807, 2.05) is 0 Å². The molecule has 0 aromatic heterocycles. The maximum Gasteiger partial charge on any atom is 0.387 e. The minimum Gasteiger partial charge on any atom is -0.387 e. The first-order chi connectivity index (χ1) is 7.73. The van der Waals surface area contributed by atoms with Gasteiger partial charge in [0.2, 0.25) is 6.29 Å². The molecule has 0 aliphatic heterocycles. The van der Waals surface area contributed by atoms with Crippen molar-refractivity contribution in [2.45, 2.75) is 53.1 Å². The van der Waals surface area contributed by atoms with Crippen LogP contribution in [-0.2, 0) is 28.6 Å². The van der Waals surface area contributed by atoms with Crippen molar-refractivity contribution >= 4 is 17.7 Å². The Balaban J connectivity index is 4.61. The average molecular weight is 246 g/mol. The minimum atomic E-state index is -1.35. The molecule has 17 heavy (non-hydrogen) atoms. The third-order valence-electron chi connectivity index (χ3n) is 1.44. The van der Waals surface area contributed by atoms with Gasteiger partial charge in [0.05, 0.1) is 12.2 Å². The number of esters is 2. The van der Waals surface area contributed by atoms with Crippen LogP contribution in [0, 0.1) is 0 Å². The fraction of sp³-hybridized carbons (Fsp3) is 0.727. The fourth-order valence-electron chi connectivity index (χ4n) is 0.927. The van der Waals surface area contributed by atoms with Gasteiger partial charge in [0, 0.05) is 6.92 Å². The smallest absolute Gasteiger partial charge is 0.387 e. The summed E-state index contributed by atoms with van der Waals surface area (Å²) >= 11 is 0. The van der Waals surface area contributed by atoms with Gasteiger partial charge < -0.3 is 14.2 Å². The zero-order valence-electron chi connectivity index (χ0n) is 10.7. The highest BCUT2D eigenvalue weighted by Gasteiger charge is 2.31. The second-order valence-electron chi connectivity index (χ2n) is 3.95. The Morgan fingerprint density at radius 1 is 0.882 bits per heavy atom. The van der Waals surface area contributed by atoms with E-state index in [0.29, 0.717) is 0 Å². The fourth-order valence-corrected chi connectivity index (χ4v) is 0.927. The van der Waals surface area contributed by atoms with Gasteiger partial charge in [0.1, 0.15) is 0 Å². The molecule has 0 aromatic carbocycles. The van der Waals surface area contributed by atoms with Crippen molar-refractivity contribution in [1.82, 2.24) is 0 Å². The molecule has 0 aromatic rings. The van der Waals surface area contributed by atoms with Crippen LogP contribution >= 0.6 is 0 Å². The van der Waals surface area contributed by atoms with Gasteiger partial charge in [-0.05, 0) is 27.7 Å². The zero-order chi connectivity index (χ0) is 13.6. The number of carbonyl (C=O) groups is 3. The number of hydrogen-bond donors (Lipinski definition) is 0. The zero-order valence-corrected chi connectivity index (χ0v) is 10.7. The van der Waals surface area contributed by atoms with Crippen LogP contribution in [0.25, 0.3) is 0 Å². The first-order valence-electron chi connectivity index (χ1n) is 5.31. The van der Waals surface area contributed by atoms with Crippen molar-refractivity contribution in [1.29, 1.82) is 0 Å². The molecule has 0 amide bonds. The topological polar surface area (TPSA) is 78.9 Å². The van der Waals surface area contributed by atoms with E-state index in [4.69, 9.17) is 9.47 Å². The number of ketones is 1.